The number of carbonyl (C=O) groups is 3. The molecule has 116 valence electrons. The summed E-state index contributed by atoms with van der Waals surface area (Å²) in [6.45, 7) is 2.75. The molecule has 6 heteroatoms. The molecule has 1 N–H and O–H groups in total. The van der Waals surface area contributed by atoms with E-state index in [2.05, 4.69) is 0 Å². The van der Waals surface area contributed by atoms with Crippen molar-refractivity contribution in [1.82, 2.24) is 9.80 Å². The molecule has 22 heavy (non-hydrogen) atoms. The molecule has 6 nitrogen and oxygen atoms in total. The molecule has 1 aliphatic heterocycles. The third kappa shape index (κ3) is 3.00. The Morgan fingerprint density at radius 2 is 1.86 bits per heavy atom. The van der Waals surface area contributed by atoms with E-state index in [4.69, 9.17) is 5.11 Å². The van der Waals surface area contributed by atoms with Crippen molar-refractivity contribution in [1.29, 1.82) is 0 Å². The van der Waals surface area contributed by atoms with Crippen LogP contribution in [0.15, 0.2) is 36.5 Å². The molecule has 0 radical (unpaired) electrons. The minimum absolute atomic E-state index is 0.247. The minimum Gasteiger partial charge on any atom is -0.480 e. The first-order valence-corrected chi connectivity index (χ1v) is 7.05. The van der Waals surface area contributed by atoms with Crippen LogP contribution in [0.4, 0.5) is 0 Å². The van der Waals surface area contributed by atoms with Gasteiger partial charge in [0.1, 0.15) is 12.6 Å². The molecular formula is C16H18N2O4. The molecule has 2 amide bonds. The molecule has 1 unspecified atom stereocenters. The Balaban J connectivity index is 2.54. The van der Waals surface area contributed by atoms with E-state index in [1.54, 1.807) is 37.4 Å². The van der Waals surface area contributed by atoms with E-state index >= 15 is 0 Å². The summed E-state index contributed by atoms with van der Waals surface area (Å²) in [6.07, 6.45) is 1.99. The second-order valence-electron chi connectivity index (χ2n) is 5.05. The van der Waals surface area contributed by atoms with E-state index in [1.807, 2.05) is 6.07 Å². The lowest BCUT2D eigenvalue weighted by atomic mass is 10.0. The zero-order valence-electron chi connectivity index (χ0n) is 12.5. The monoisotopic (exact) mass is 302 g/mol. The number of aliphatic carboxylic acids is 1. The Hall–Kier alpha value is -2.63. The average molecular weight is 302 g/mol. The molecule has 0 spiro atoms. The molecule has 1 aliphatic rings. The van der Waals surface area contributed by atoms with Gasteiger partial charge in [0, 0.05) is 13.1 Å². The van der Waals surface area contributed by atoms with Gasteiger partial charge in [0.15, 0.2) is 0 Å². The highest BCUT2D eigenvalue weighted by Gasteiger charge is 2.37. The van der Waals surface area contributed by atoms with Crippen LogP contribution >= 0.6 is 0 Å². The highest BCUT2D eigenvalue weighted by molar-refractivity contribution is 5.98. The summed E-state index contributed by atoms with van der Waals surface area (Å²) in [6, 6.07) is 8.31. The van der Waals surface area contributed by atoms with Crippen LogP contribution in [-0.2, 0) is 14.4 Å². The van der Waals surface area contributed by atoms with Crippen LogP contribution in [0.25, 0.3) is 5.70 Å². The minimum atomic E-state index is -1.10. The van der Waals surface area contributed by atoms with Crippen molar-refractivity contribution in [2.75, 3.05) is 6.54 Å². The number of carboxylic acids is 1. The van der Waals surface area contributed by atoms with Gasteiger partial charge in [-0.15, -0.1) is 0 Å². The first-order chi connectivity index (χ1) is 10.5. The van der Waals surface area contributed by atoms with E-state index in [1.165, 1.54) is 16.7 Å². The Kier molecular flexibility index (Phi) is 4.60. The number of rotatable bonds is 4. The third-order valence-electron chi connectivity index (χ3n) is 3.55. The Labute approximate surface area is 128 Å². The topological polar surface area (TPSA) is 77.9 Å². The predicted molar refractivity (Wildman–Crippen MR) is 80.4 cm³/mol. The first-order valence-electron chi connectivity index (χ1n) is 7.05. The van der Waals surface area contributed by atoms with E-state index in [0.717, 1.165) is 0 Å². The maximum absolute atomic E-state index is 12.6. The van der Waals surface area contributed by atoms with Gasteiger partial charge in [-0.1, -0.05) is 37.3 Å². The fourth-order valence-corrected chi connectivity index (χ4v) is 2.53. The maximum atomic E-state index is 12.6. The Bertz CT molecular complexity index is 624. The zero-order chi connectivity index (χ0) is 16.3. The fourth-order valence-electron chi connectivity index (χ4n) is 2.53. The van der Waals surface area contributed by atoms with Crippen LogP contribution in [0, 0.1) is 0 Å². The van der Waals surface area contributed by atoms with Crippen molar-refractivity contribution in [3.8, 4) is 0 Å². The SMILES string of the molecule is CCC1C(=O)N(CC(=O)O)C(c2ccccc2)=CN1C(C)=O. The molecule has 1 atom stereocenters. The lowest BCUT2D eigenvalue weighted by Gasteiger charge is -2.38. The summed E-state index contributed by atoms with van der Waals surface area (Å²) >= 11 is 0. The van der Waals surface area contributed by atoms with Crippen LogP contribution in [0.5, 0.6) is 0 Å². The van der Waals surface area contributed by atoms with E-state index in [9.17, 15) is 14.4 Å². The number of amides is 2. The van der Waals surface area contributed by atoms with Gasteiger partial charge in [-0.05, 0) is 12.0 Å². The van der Waals surface area contributed by atoms with Gasteiger partial charge in [0.2, 0.25) is 5.91 Å². The molecule has 2 rings (SSSR count). The highest BCUT2D eigenvalue weighted by Crippen LogP contribution is 2.28. The lowest BCUT2D eigenvalue weighted by molar-refractivity contribution is -0.146. The van der Waals surface area contributed by atoms with Gasteiger partial charge >= 0.3 is 5.97 Å². The third-order valence-corrected chi connectivity index (χ3v) is 3.55. The number of hydrogen-bond acceptors (Lipinski definition) is 3. The first kappa shape index (κ1) is 15.8. The van der Waals surface area contributed by atoms with Crippen molar-refractivity contribution in [3.05, 3.63) is 42.1 Å². The van der Waals surface area contributed by atoms with Crippen LogP contribution in [0.1, 0.15) is 25.8 Å². The Morgan fingerprint density at radius 1 is 1.23 bits per heavy atom. The lowest BCUT2D eigenvalue weighted by Crippen LogP contribution is -2.52. The van der Waals surface area contributed by atoms with Crippen LogP contribution in [0.2, 0.25) is 0 Å². The molecule has 0 saturated carbocycles. The summed E-state index contributed by atoms with van der Waals surface area (Å²) in [5, 5.41) is 9.08. The van der Waals surface area contributed by atoms with Crippen molar-refractivity contribution in [3.63, 3.8) is 0 Å². The average Bonchev–Trinajstić information content (AvgIpc) is 2.49. The molecule has 0 aliphatic carbocycles. The quantitative estimate of drug-likeness (QED) is 0.915. The number of carboxylic acid groups (broad SMARTS) is 1. The second kappa shape index (κ2) is 6.43. The van der Waals surface area contributed by atoms with E-state index < -0.39 is 18.6 Å². The van der Waals surface area contributed by atoms with E-state index in [0.29, 0.717) is 17.7 Å². The summed E-state index contributed by atoms with van der Waals surface area (Å²) in [5.74, 6) is -1.72. The second-order valence-corrected chi connectivity index (χ2v) is 5.05. The molecule has 0 saturated heterocycles. The van der Waals surface area contributed by atoms with Crippen molar-refractivity contribution in [2.45, 2.75) is 26.3 Å². The molecule has 0 bridgehead atoms. The number of nitrogens with zero attached hydrogens (tertiary/aromatic N) is 2. The standard InChI is InChI=1S/C16H18N2O4/c1-3-13-16(22)18(10-15(20)21)14(9-17(13)11(2)19)12-7-5-4-6-8-12/h4-9,13H,3,10H2,1-2H3,(H,20,21). The van der Waals surface area contributed by atoms with Gasteiger partial charge in [-0.2, -0.15) is 0 Å². The van der Waals surface area contributed by atoms with Gasteiger partial charge < -0.3 is 10.0 Å². The van der Waals surface area contributed by atoms with Crippen LogP contribution < -0.4 is 0 Å². The maximum Gasteiger partial charge on any atom is 0.323 e. The van der Waals surface area contributed by atoms with Crippen molar-refractivity contribution < 1.29 is 19.5 Å². The van der Waals surface area contributed by atoms with Gasteiger partial charge in [-0.3, -0.25) is 19.3 Å². The zero-order valence-corrected chi connectivity index (χ0v) is 12.5. The highest BCUT2D eigenvalue weighted by atomic mass is 16.4. The smallest absolute Gasteiger partial charge is 0.323 e. The predicted octanol–water partition coefficient (Wildman–Crippen LogP) is 1.54. The number of carbonyl (C=O) groups excluding carboxylic acids is 2. The van der Waals surface area contributed by atoms with Gasteiger partial charge in [-0.25, -0.2) is 0 Å². The normalized spacial score (nSPS) is 18.2. The molecule has 0 aromatic heterocycles. The molecule has 0 fully saturated rings. The number of benzene rings is 1. The number of hydrogen-bond donors (Lipinski definition) is 1. The van der Waals surface area contributed by atoms with E-state index in [-0.39, 0.29) is 11.8 Å². The van der Waals surface area contributed by atoms with Crippen LogP contribution in [-0.4, -0.2) is 45.3 Å². The summed E-state index contributed by atoms with van der Waals surface area (Å²) < 4.78 is 0. The van der Waals surface area contributed by atoms with Gasteiger partial charge in [0.25, 0.3) is 5.91 Å². The summed E-state index contributed by atoms with van der Waals surface area (Å²) in [5.41, 5.74) is 1.12. The summed E-state index contributed by atoms with van der Waals surface area (Å²) in [7, 11) is 0. The molecule has 1 aromatic carbocycles. The van der Waals surface area contributed by atoms with Crippen LogP contribution in [0.3, 0.4) is 0 Å². The molecule has 1 heterocycles. The molecular weight excluding hydrogens is 284 g/mol. The summed E-state index contributed by atoms with van der Waals surface area (Å²) in [4.78, 5) is 38.1. The fraction of sp³-hybridized carbons (Fsp3) is 0.312. The van der Waals surface area contributed by atoms with Crippen molar-refractivity contribution in [2.24, 2.45) is 0 Å². The van der Waals surface area contributed by atoms with Crippen molar-refractivity contribution >= 4 is 23.5 Å². The van der Waals surface area contributed by atoms with Gasteiger partial charge in [0.05, 0.1) is 5.70 Å². The Morgan fingerprint density at radius 3 is 2.36 bits per heavy atom. The largest absolute Gasteiger partial charge is 0.480 e. The molecule has 1 aromatic rings.